The van der Waals surface area contributed by atoms with Crippen LogP contribution < -0.4 is 5.14 Å². The highest BCUT2D eigenvalue weighted by molar-refractivity contribution is 7.89. The fourth-order valence-electron chi connectivity index (χ4n) is 3.51. The molecule has 0 atom stereocenters. The summed E-state index contributed by atoms with van der Waals surface area (Å²) in [6.45, 7) is 0. The highest BCUT2D eigenvalue weighted by Crippen LogP contribution is 2.29. The topological polar surface area (TPSA) is 95.8 Å². The van der Waals surface area contributed by atoms with Crippen molar-refractivity contribution in [1.29, 1.82) is 0 Å². The monoisotopic (exact) mass is 475 g/mol. The lowest BCUT2D eigenvalue weighted by molar-refractivity contribution is -0.137. The van der Waals surface area contributed by atoms with Crippen molar-refractivity contribution in [3.63, 3.8) is 0 Å². The highest BCUT2D eigenvalue weighted by Gasteiger charge is 2.29. The molecule has 11 heteroatoms. The van der Waals surface area contributed by atoms with Crippen molar-refractivity contribution in [2.75, 3.05) is 0 Å². The van der Waals surface area contributed by atoms with E-state index >= 15 is 0 Å². The number of imidazole rings is 1. The Morgan fingerprint density at radius 1 is 1.00 bits per heavy atom. The van der Waals surface area contributed by atoms with E-state index < -0.39 is 21.8 Å². The second-order valence-corrected chi connectivity index (χ2v) is 9.09. The van der Waals surface area contributed by atoms with Gasteiger partial charge in [-0.15, -0.1) is 0 Å². The third-order valence-corrected chi connectivity index (χ3v) is 6.24. The summed E-state index contributed by atoms with van der Waals surface area (Å²) in [4.78, 5) is 4.46. The molecule has 7 nitrogen and oxygen atoms in total. The second kappa shape index (κ2) is 8.49. The highest BCUT2D eigenvalue weighted by atomic mass is 32.2. The molecule has 33 heavy (non-hydrogen) atoms. The normalized spacial score (nSPS) is 12.3. The molecular formula is C22H20F3N5O2S. The summed E-state index contributed by atoms with van der Waals surface area (Å²) in [5.74, 6) is 0. The molecule has 2 aromatic carbocycles. The average Bonchev–Trinajstić information content (AvgIpc) is 3.38. The van der Waals surface area contributed by atoms with E-state index in [1.54, 1.807) is 47.2 Å². The van der Waals surface area contributed by atoms with Gasteiger partial charge in [-0.2, -0.15) is 18.3 Å². The molecule has 0 aliphatic carbocycles. The molecule has 0 saturated heterocycles. The smallest absolute Gasteiger partial charge is 0.306 e. The van der Waals surface area contributed by atoms with Gasteiger partial charge in [0.1, 0.15) is 0 Å². The lowest BCUT2D eigenvalue weighted by Gasteiger charge is -2.08. The predicted molar refractivity (Wildman–Crippen MR) is 116 cm³/mol. The molecular weight excluding hydrogens is 455 g/mol. The van der Waals surface area contributed by atoms with Gasteiger partial charge in [-0.1, -0.05) is 12.1 Å². The van der Waals surface area contributed by atoms with E-state index in [-0.39, 0.29) is 4.90 Å². The number of hydrogen-bond donors (Lipinski definition) is 1. The number of benzene rings is 2. The number of nitrogens with two attached hydrogens (primary N) is 1. The SMILES string of the molecule is Cn1ncc(-c2cn(-c3ccc(S(N)(=O)=O)cc3)cn2)c1CCc1ccc(C(F)(F)F)cc1. The number of hydrogen-bond acceptors (Lipinski definition) is 4. The van der Waals surface area contributed by atoms with Crippen LogP contribution in [0.1, 0.15) is 16.8 Å². The molecule has 4 aromatic rings. The zero-order valence-corrected chi connectivity index (χ0v) is 18.3. The predicted octanol–water partition coefficient (Wildman–Crippen LogP) is 3.72. The first-order valence-electron chi connectivity index (χ1n) is 9.87. The molecule has 0 radical (unpaired) electrons. The van der Waals surface area contributed by atoms with Gasteiger partial charge in [0, 0.05) is 30.2 Å². The van der Waals surface area contributed by atoms with Crippen LogP contribution in [0.2, 0.25) is 0 Å². The molecule has 2 aromatic heterocycles. The van der Waals surface area contributed by atoms with Crippen LogP contribution in [0.5, 0.6) is 0 Å². The summed E-state index contributed by atoms with van der Waals surface area (Å²) in [5, 5.41) is 9.45. The summed E-state index contributed by atoms with van der Waals surface area (Å²) in [5.41, 5.74) is 3.19. The molecule has 2 N–H and O–H groups in total. The van der Waals surface area contributed by atoms with Crippen LogP contribution in [-0.2, 0) is 36.1 Å². The van der Waals surface area contributed by atoms with E-state index in [1.165, 1.54) is 24.3 Å². The summed E-state index contributed by atoms with van der Waals surface area (Å²) >= 11 is 0. The van der Waals surface area contributed by atoms with Gasteiger partial charge < -0.3 is 4.57 Å². The van der Waals surface area contributed by atoms with E-state index in [1.807, 2.05) is 0 Å². The van der Waals surface area contributed by atoms with Gasteiger partial charge >= 0.3 is 6.18 Å². The molecule has 0 aliphatic heterocycles. The van der Waals surface area contributed by atoms with Crippen LogP contribution >= 0.6 is 0 Å². The lowest BCUT2D eigenvalue weighted by Crippen LogP contribution is -2.11. The van der Waals surface area contributed by atoms with Crippen LogP contribution in [0.4, 0.5) is 13.2 Å². The zero-order chi connectivity index (χ0) is 23.8. The van der Waals surface area contributed by atoms with Crippen LogP contribution in [0.3, 0.4) is 0 Å². The third kappa shape index (κ3) is 4.99. The van der Waals surface area contributed by atoms with Gasteiger partial charge in [0.25, 0.3) is 0 Å². The number of primary sulfonamides is 1. The standard InChI is InChI=1S/C22H20F3N5O2S/c1-29-21(11-4-15-2-5-16(6-3-15)22(23,24)25)19(12-28-29)20-13-30(14-27-20)17-7-9-18(10-8-17)33(26,31)32/h2-3,5-10,12-14H,4,11H2,1H3,(H2,26,31,32). The quantitative estimate of drug-likeness (QED) is 0.460. The summed E-state index contributed by atoms with van der Waals surface area (Å²) in [7, 11) is -1.97. The molecule has 172 valence electrons. The van der Waals surface area contributed by atoms with Gasteiger partial charge in [-0.25, -0.2) is 18.5 Å². The van der Waals surface area contributed by atoms with Crippen molar-refractivity contribution in [3.8, 4) is 16.9 Å². The van der Waals surface area contributed by atoms with Crippen LogP contribution in [0, 0.1) is 0 Å². The number of aromatic nitrogens is 4. The van der Waals surface area contributed by atoms with Gasteiger partial charge in [-0.3, -0.25) is 4.68 Å². The summed E-state index contributed by atoms with van der Waals surface area (Å²) in [6.07, 6.45) is 1.84. The maximum absolute atomic E-state index is 12.8. The molecule has 0 amide bonds. The maximum atomic E-state index is 12.8. The van der Waals surface area contributed by atoms with E-state index in [9.17, 15) is 21.6 Å². The van der Waals surface area contributed by atoms with Crippen molar-refractivity contribution in [3.05, 3.63) is 84.1 Å². The molecule has 0 unspecified atom stereocenters. The first-order valence-corrected chi connectivity index (χ1v) is 11.4. The molecule has 0 spiro atoms. The third-order valence-electron chi connectivity index (χ3n) is 5.32. The molecule has 0 bridgehead atoms. The van der Waals surface area contributed by atoms with Crippen LogP contribution in [0.25, 0.3) is 16.9 Å². The number of nitrogens with zero attached hydrogens (tertiary/aromatic N) is 4. The number of aryl methyl sites for hydroxylation is 2. The number of sulfonamides is 1. The molecule has 0 saturated carbocycles. The Morgan fingerprint density at radius 3 is 2.27 bits per heavy atom. The fraction of sp³-hybridized carbons (Fsp3) is 0.182. The minimum Gasteiger partial charge on any atom is -0.306 e. The Kier molecular flexibility index (Phi) is 5.85. The van der Waals surface area contributed by atoms with Crippen LogP contribution in [0.15, 0.2) is 72.1 Å². The zero-order valence-electron chi connectivity index (χ0n) is 17.5. The van der Waals surface area contributed by atoms with Crippen molar-refractivity contribution in [2.45, 2.75) is 23.9 Å². The van der Waals surface area contributed by atoms with E-state index in [0.717, 1.165) is 29.0 Å². The number of alkyl halides is 3. The van der Waals surface area contributed by atoms with Crippen molar-refractivity contribution >= 4 is 10.0 Å². The molecule has 4 rings (SSSR count). The van der Waals surface area contributed by atoms with Gasteiger partial charge in [-0.05, 0) is 54.8 Å². The Labute approximate surface area is 188 Å². The molecule has 0 fully saturated rings. The first kappa shape index (κ1) is 22.7. The Bertz CT molecular complexity index is 1370. The lowest BCUT2D eigenvalue weighted by atomic mass is 10.0. The van der Waals surface area contributed by atoms with E-state index in [2.05, 4.69) is 10.1 Å². The van der Waals surface area contributed by atoms with E-state index in [0.29, 0.717) is 24.2 Å². The van der Waals surface area contributed by atoms with Crippen molar-refractivity contribution in [2.24, 2.45) is 12.2 Å². The summed E-state index contributed by atoms with van der Waals surface area (Å²) in [6, 6.07) is 11.2. The Hall–Kier alpha value is -3.44. The van der Waals surface area contributed by atoms with Crippen molar-refractivity contribution in [1.82, 2.24) is 19.3 Å². The fourth-order valence-corrected chi connectivity index (χ4v) is 4.02. The minimum atomic E-state index is -4.36. The van der Waals surface area contributed by atoms with Gasteiger partial charge in [0.05, 0.1) is 28.7 Å². The van der Waals surface area contributed by atoms with Crippen LogP contribution in [-0.4, -0.2) is 27.7 Å². The second-order valence-electron chi connectivity index (χ2n) is 7.53. The van der Waals surface area contributed by atoms with E-state index in [4.69, 9.17) is 5.14 Å². The number of halogens is 3. The minimum absolute atomic E-state index is 0.0180. The Balaban J connectivity index is 1.53. The maximum Gasteiger partial charge on any atom is 0.416 e. The van der Waals surface area contributed by atoms with Crippen molar-refractivity contribution < 1.29 is 21.6 Å². The molecule has 2 heterocycles. The molecule has 0 aliphatic rings. The Morgan fingerprint density at radius 2 is 1.67 bits per heavy atom. The van der Waals surface area contributed by atoms with Gasteiger partial charge in [0.15, 0.2) is 0 Å². The largest absolute Gasteiger partial charge is 0.416 e. The average molecular weight is 475 g/mol. The van der Waals surface area contributed by atoms with Gasteiger partial charge in [0.2, 0.25) is 10.0 Å². The first-order chi connectivity index (χ1) is 15.5. The summed E-state index contributed by atoms with van der Waals surface area (Å²) < 4.78 is 64.6. The number of rotatable bonds is 6.